The third kappa shape index (κ3) is 2.72. The highest BCUT2D eigenvalue weighted by Crippen LogP contribution is 2.50. The molecule has 2 aromatic carbocycles. The van der Waals surface area contributed by atoms with Gasteiger partial charge in [0.15, 0.2) is 11.5 Å². The number of aromatic hydroxyl groups is 1. The van der Waals surface area contributed by atoms with E-state index in [0.29, 0.717) is 49.2 Å². The van der Waals surface area contributed by atoms with Crippen molar-refractivity contribution in [2.45, 2.75) is 31.3 Å². The minimum atomic E-state index is -0.594. The van der Waals surface area contributed by atoms with Crippen LogP contribution < -0.4 is 19.1 Å². The van der Waals surface area contributed by atoms with Gasteiger partial charge in [0, 0.05) is 30.7 Å². The molecular formula is C23H23NO6. The zero-order chi connectivity index (χ0) is 20.2. The average Bonchev–Trinajstić information content (AvgIpc) is 3.47. The molecular weight excluding hydrogens is 386 g/mol. The van der Waals surface area contributed by atoms with Crippen molar-refractivity contribution in [2.24, 2.45) is 0 Å². The molecule has 0 bridgehead atoms. The minimum Gasteiger partial charge on any atom is -0.507 e. The van der Waals surface area contributed by atoms with Gasteiger partial charge in [0.1, 0.15) is 24.7 Å². The van der Waals surface area contributed by atoms with E-state index in [1.165, 1.54) is 0 Å². The van der Waals surface area contributed by atoms with Crippen LogP contribution in [-0.4, -0.2) is 50.1 Å². The van der Waals surface area contributed by atoms with Gasteiger partial charge in [0.25, 0.3) is 0 Å². The van der Waals surface area contributed by atoms with E-state index in [1.54, 1.807) is 11.0 Å². The van der Waals surface area contributed by atoms with Crippen LogP contribution in [0.4, 0.5) is 5.69 Å². The molecule has 1 N–H and O–H groups in total. The summed E-state index contributed by atoms with van der Waals surface area (Å²) in [6.45, 7) is 2.79. The van der Waals surface area contributed by atoms with E-state index in [-0.39, 0.29) is 17.8 Å². The second kappa shape index (κ2) is 6.80. The van der Waals surface area contributed by atoms with Gasteiger partial charge in [0.05, 0.1) is 30.9 Å². The van der Waals surface area contributed by atoms with E-state index >= 15 is 0 Å². The number of amides is 1. The molecule has 2 aromatic rings. The van der Waals surface area contributed by atoms with E-state index in [9.17, 15) is 9.90 Å². The molecule has 0 aromatic heterocycles. The zero-order valence-electron chi connectivity index (χ0n) is 16.6. The first-order valence-corrected chi connectivity index (χ1v) is 10.5. The summed E-state index contributed by atoms with van der Waals surface area (Å²) in [5.74, 6) is 1.41. The van der Waals surface area contributed by atoms with Crippen LogP contribution in [0.5, 0.6) is 23.0 Å². The zero-order valence-corrected chi connectivity index (χ0v) is 16.6. The van der Waals surface area contributed by atoms with Crippen molar-refractivity contribution in [1.82, 2.24) is 0 Å². The molecule has 1 saturated heterocycles. The van der Waals surface area contributed by atoms with E-state index in [2.05, 4.69) is 0 Å². The van der Waals surface area contributed by atoms with Crippen molar-refractivity contribution in [3.8, 4) is 23.0 Å². The number of rotatable bonds is 3. The maximum atomic E-state index is 13.7. The van der Waals surface area contributed by atoms with Gasteiger partial charge in [-0.3, -0.25) is 4.79 Å². The van der Waals surface area contributed by atoms with Crippen LogP contribution in [0.1, 0.15) is 35.4 Å². The minimum absolute atomic E-state index is 0.0239. The van der Waals surface area contributed by atoms with E-state index in [0.717, 1.165) is 42.7 Å². The van der Waals surface area contributed by atoms with Crippen LogP contribution in [-0.2, 0) is 16.0 Å². The van der Waals surface area contributed by atoms with Crippen molar-refractivity contribution < 1.29 is 28.8 Å². The number of nitrogens with zero attached hydrogens (tertiary/aromatic N) is 1. The Balaban J connectivity index is 1.47. The number of fused-ring (bicyclic) bond motifs is 3. The normalized spacial score (nSPS) is 24.0. The van der Waals surface area contributed by atoms with Crippen molar-refractivity contribution >= 4 is 11.6 Å². The molecule has 0 aliphatic carbocycles. The van der Waals surface area contributed by atoms with Crippen LogP contribution in [0.25, 0.3) is 0 Å². The molecule has 7 nitrogen and oxygen atoms in total. The van der Waals surface area contributed by atoms with Gasteiger partial charge in [-0.1, -0.05) is 0 Å². The van der Waals surface area contributed by atoms with E-state index in [1.807, 2.05) is 18.2 Å². The van der Waals surface area contributed by atoms with Gasteiger partial charge in [-0.2, -0.15) is 0 Å². The Kier molecular flexibility index (Phi) is 4.06. The lowest BCUT2D eigenvalue weighted by Crippen LogP contribution is -2.36. The number of benzene rings is 2. The molecule has 4 heterocycles. The molecule has 4 aliphatic heterocycles. The Morgan fingerprint density at radius 1 is 0.933 bits per heavy atom. The van der Waals surface area contributed by atoms with Gasteiger partial charge < -0.3 is 29.0 Å². The third-order valence-electron chi connectivity index (χ3n) is 6.37. The number of carbonyl (C=O) groups excluding carboxylic acids is 1. The van der Waals surface area contributed by atoms with Crippen molar-refractivity contribution in [1.29, 1.82) is 0 Å². The summed E-state index contributed by atoms with van der Waals surface area (Å²) in [5, 5.41) is 10.8. The van der Waals surface area contributed by atoms with Gasteiger partial charge in [-0.15, -0.1) is 0 Å². The number of carbonyl (C=O) groups is 1. The van der Waals surface area contributed by atoms with Crippen molar-refractivity contribution in [3.05, 3.63) is 41.0 Å². The predicted molar refractivity (Wildman–Crippen MR) is 108 cm³/mol. The molecule has 30 heavy (non-hydrogen) atoms. The van der Waals surface area contributed by atoms with Crippen LogP contribution in [0.2, 0.25) is 0 Å². The lowest BCUT2D eigenvalue weighted by molar-refractivity contribution is -0.118. The molecule has 1 unspecified atom stereocenters. The topological polar surface area (TPSA) is 77.5 Å². The highest BCUT2D eigenvalue weighted by Gasteiger charge is 2.42. The van der Waals surface area contributed by atoms with Gasteiger partial charge >= 0.3 is 0 Å². The molecule has 7 heteroatoms. The summed E-state index contributed by atoms with van der Waals surface area (Å²) in [6, 6.07) is 7.33. The first-order valence-electron chi connectivity index (χ1n) is 10.5. The third-order valence-corrected chi connectivity index (χ3v) is 6.37. The summed E-state index contributed by atoms with van der Waals surface area (Å²) in [6.07, 6.45) is 2.75. The summed E-state index contributed by atoms with van der Waals surface area (Å²) in [7, 11) is 0. The fourth-order valence-electron chi connectivity index (χ4n) is 4.91. The Bertz CT molecular complexity index is 1030. The molecule has 1 fully saturated rings. The van der Waals surface area contributed by atoms with Crippen LogP contribution in [0, 0.1) is 0 Å². The number of hydrogen-bond acceptors (Lipinski definition) is 6. The van der Waals surface area contributed by atoms with E-state index in [4.69, 9.17) is 18.9 Å². The fraction of sp³-hybridized carbons (Fsp3) is 0.435. The van der Waals surface area contributed by atoms with Crippen molar-refractivity contribution in [2.75, 3.05) is 37.9 Å². The summed E-state index contributed by atoms with van der Waals surface area (Å²) >= 11 is 0. The Morgan fingerprint density at radius 2 is 1.73 bits per heavy atom. The summed E-state index contributed by atoms with van der Waals surface area (Å²) in [4.78, 5) is 15.5. The second-order valence-electron chi connectivity index (χ2n) is 8.19. The number of phenols is 1. The molecule has 6 rings (SSSR count). The molecule has 1 amide bonds. The highest BCUT2D eigenvalue weighted by molar-refractivity contribution is 6.08. The smallest absolute Gasteiger partial charge is 0.239 e. The first kappa shape index (κ1) is 17.9. The second-order valence-corrected chi connectivity index (χ2v) is 8.19. The van der Waals surface area contributed by atoms with Crippen LogP contribution in [0.15, 0.2) is 24.3 Å². The van der Waals surface area contributed by atoms with Gasteiger partial charge in [-0.05, 0) is 36.1 Å². The monoisotopic (exact) mass is 409 g/mol. The Hall–Kier alpha value is -2.93. The fourth-order valence-corrected chi connectivity index (χ4v) is 4.91. The lowest BCUT2D eigenvalue weighted by atomic mass is 9.90. The van der Waals surface area contributed by atoms with Crippen LogP contribution in [0.3, 0.4) is 0 Å². The molecule has 0 saturated carbocycles. The van der Waals surface area contributed by atoms with Crippen molar-refractivity contribution in [3.63, 3.8) is 0 Å². The molecule has 156 valence electrons. The largest absolute Gasteiger partial charge is 0.507 e. The Labute approximate surface area is 174 Å². The average molecular weight is 409 g/mol. The Morgan fingerprint density at radius 3 is 2.53 bits per heavy atom. The lowest BCUT2D eigenvalue weighted by Gasteiger charge is -2.23. The molecule has 0 spiro atoms. The van der Waals surface area contributed by atoms with Gasteiger partial charge in [0.2, 0.25) is 5.91 Å². The number of anilines is 1. The standard InChI is InChI=1S/C23H23NO6/c25-18-11-19-13(3-5-28-19)8-16(18)22-15-9-20-21(30-7-6-29-20)10-17(15)24(23(22)26)12-14-2-1-4-27-14/h8-11,14,22,25H,1-7,12H2/t14-,22?/m1/s1. The van der Waals surface area contributed by atoms with E-state index < -0.39 is 5.92 Å². The van der Waals surface area contributed by atoms with Gasteiger partial charge in [-0.25, -0.2) is 0 Å². The summed E-state index contributed by atoms with van der Waals surface area (Å²) in [5.41, 5.74) is 3.27. The summed E-state index contributed by atoms with van der Waals surface area (Å²) < 4.78 is 22.9. The molecule has 2 atom stereocenters. The number of hydrogen-bond donors (Lipinski definition) is 1. The number of phenolic OH excluding ortho intramolecular Hbond substituents is 1. The SMILES string of the molecule is O=C1C(c2cc3c(cc2O)OCC3)c2cc3c(cc2N1C[C@H]1CCCO1)OCCO3. The predicted octanol–water partition coefficient (Wildman–Crippen LogP) is 2.76. The maximum absolute atomic E-state index is 13.7. The maximum Gasteiger partial charge on any atom is 0.239 e. The molecule has 4 aliphatic rings. The molecule has 0 radical (unpaired) electrons. The highest BCUT2D eigenvalue weighted by atomic mass is 16.6. The first-order chi connectivity index (χ1) is 14.7. The quantitative estimate of drug-likeness (QED) is 0.840. The number of ether oxygens (including phenoxy) is 4. The van der Waals surface area contributed by atoms with Crippen LogP contribution >= 0.6 is 0 Å².